The van der Waals surface area contributed by atoms with E-state index < -0.39 is 30.5 Å². The van der Waals surface area contributed by atoms with Gasteiger partial charge in [0.2, 0.25) is 0 Å². The second-order valence-electron chi connectivity index (χ2n) is 7.83. The van der Waals surface area contributed by atoms with Gasteiger partial charge < -0.3 is 20.9 Å². The van der Waals surface area contributed by atoms with Crippen LogP contribution in [0.5, 0.6) is 5.75 Å². The average Bonchev–Trinajstić information content (AvgIpc) is 3.25. The average molecular weight is 567 g/mol. The fraction of sp³-hybridized carbons (Fsp3) is 0.217. The molecule has 0 bridgehead atoms. The maximum atomic E-state index is 12.8. The number of aliphatic carboxylic acids is 1. The number of hydrogen-bond acceptors (Lipinski definition) is 8. The van der Waals surface area contributed by atoms with Gasteiger partial charge in [-0.15, -0.1) is 0 Å². The summed E-state index contributed by atoms with van der Waals surface area (Å²) in [6.45, 7) is 0.863. The molecule has 4 heterocycles. The number of aryl methyl sites for hydroxylation is 1. The van der Waals surface area contributed by atoms with Gasteiger partial charge in [0.15, 0.2) is 18.2 Å². The highest BCUT2D eigenvalue weighted by molar-refractivity contribution is 5.94. The van der Waals surface area contributed by atoms with E-state index in [4.69, 9.17) is 20.4 Å². The van der Waals surface area contributed by atoms with Crippen LogP contribution in [0.15, 0.2) is 47.3 Å². The molecule has 0 aliphatic carbocycles. The molecule has 0 aromatic carbocycles. The third kappa shape index (κ3) is 7.26. The number of hydrogen-bond donors (Lipinski definition) is 3. The summed E-state index contributed by atoms with van der Waals surface area (Å²) in [5.41, 5.74) is 6.09. The number of aromatic nitrogens is 5. The lowest BCUT2D eigenvalue weighted by Crippen LogP contribution is -2.27. The van der Waals surface area contributed by atoms with E-state index in [1.165, 1.54) is 18.7 Å². The standard InChI is InChI=1S/C21H17F2N7O3.C2HF3O2/c1-12-4-13(2-3-14-5-16-19(25-7-14)28-17(31)10-33-16)8-26-20(12)29-11-27-30(21(29)32)9-15(6-24)18(22)23;3-2(4,5)1(6)7/h4-5,7-8,11H,6,9-10,24H2,1H3,(H,25,28,31);(H,6,7). The molecule has 0 unspecified atom stereocenters. The van der Waals surface area contributed by atoms with Crippen LogP contribution in [0.3, 0.4) is 0 Å². The molecule has 4 rings (SSSR count). The van der Waals surface area contributed by atoms with Crippen LogP contribution in [0.1, 0.15) is 16.7 Å². The van der Waals surface area contributed by atoms with E-state index in [2.05, 4.69) is 32.2 Å². The van der Waals surface area contributed by atoms with E-state index >= 15 is 0 Å². The maximum Gasteiger partial charge on any atom is 0.490 e. The first-order valence-corrected chi connectivity index (χ1v) is 10.9. The van der Waals surface area contributed by atoms with E-state index in [9.17, 15) is 31.5 Å². The minimum Gasteiger partial charge on any atom is -0.480 e. The van der Waals surface area contributed by atoms with Gasteiger partial charge in [-0.2, -0.15) is 27.1 Å². The molecule has 12 nitrogen and oxygen atoms in total. The predicted octanol–water partition coefficient (Wildman–Crippen LogP) is 1.61. The number of halogens is 5. The molecule has 3 aromatic rings. The van der Waals surface area contributed by atoms with Crippen molar-refractivity contribution in [2.75, 3.05) is 18.5 Å². The second kappa shape index (κ2) is 12.2. The number of carbonyl (C=O) groups is 2. The number of alkyl halides is 3. The molecule has 1 amide bonds. The van der Waals surface area contributed by atoms with Crippen LogP contribution in [-0.4, -0.2) is 60.6 Å². The van der Waals surface area contributed by atoms with E-state index in [1.54, 1.807) is 19.1 Å². The number of fused-ring (bicyclic) bond motifs is 1. The molecule has 40 heavy (non-hydrogen) atoms. The van der Waals surface area contributed by atoms with Crippen LogP contribution in [0.4, 0.5) is 27.8 Å². The fourth-order valence-corrected chi connectivity index (χ4v) is 3.03. The van der Waals surface area contributed by atoms with Gasteiger partial charge in [-0.3, -0.25) is 4.79 Å². The Morgan fingerprint density at radius 3 is 2.38 bits per heavy atom. The number of nitrogens with one attached hydrogen (secondary N) is 1. The normalized spacial score (nSPS) is 12.0. The molecule has 17 heteroatoms. The lowest BCUT2D eigenvalue weighted by atomic mass is 10.2. The minimum atomic E-state index is -5.08. The largest absolute Gasteiger partial charge is 0.490 e. The number of carbonyl (C=O) groups excluding carboxylic acids is 1. The number of carboxylic acids is 1. The van der Waals surface area contributed by atoms with E-state index in [1.807, 2.05) is 0 Å². The predicted molar refractivity (Wildman–Crippen MR) is 127 cm³/mol. The van der Waals surface area contributed by atoms with Crippen LogP contribution in [0.25, 0.3) is 5.82 Å². The highest BCUT2D eigenvalue weighted by atomic mass is 19.4. The van der Waals surface area contributed by atoms with Crippen LogP contribution in [0, 0.1) is 18.8 Å². The Balaban J connectivity index is 0.000000559. The van der Waals surface area contributed by atoms with E-state index in [0.717, 1.165) is 9.25 Å². The van der Waals surface area contributed by atoms with Crippen LogP contribution in [0.2, 0.25) is 0 Å². The molecular formula is C23H18F5N7O5. The molecule has 0 fully saturated rings. The number of amides is 1. The first-order valence-electron chi connectivity index (χ1n) is 10.9. The summed E-state index contributed by atoms with van der Waals surface area (Å²) in [5.74, 6) is 3.95. The van der Waals surface area contributed by atoms with Crippen LogP contribution >= 0.6 is 0 Å². The van der Waals surface area contributed by atoms with Crippen molar-refractivity contribution >= 4 is 17.7 Å². The van der Waals surface area contributed by atoms with Crippen molar-refractivity contribution in [1.29, 1.82) is 0 Å². The third-order valence-electron chi connectivity index (χ3n) is 4.93. The van der Waals surface area contributed by atoms with Gasteiger partial charge in [0.25, 0.3) is 12.0 Å². The highest BCUT2D eigenvalue weighted by Crippen LogP contribution is 2.25. The van der Waals surface area contributed by atoms with Crippen molar-refractivity contribution in [3.8, 4) is 23.4 Å². The Hall–Kier alpha value is -5.11. The van der Waals surface area contributed by atoms with Crippen molar-refractivity contribution < 1.29 is 41.4 Å². The molecule has 1 aliphatic heterocycles. The number of carboxylic acid groups (broad SMARTS) is 1. The molecular weight excluding hydrogens is 549 g/mol. The number of nitrogens with zero attached hydrogens (tertiary/aromatic N) is 5. The summed E-state index contributed by atoms with van der Waals surface area (Å²) in [7, 11) is 0. The maximum absolute atomic E-state index is 12.8. The van der Waals surface area contributed by atoms with Gasteiger partial charge in [0, 0.05) is 41.7 Å². The summed E-state index contributed by atoms with van der Waals surface area (Å²) in [5, 5.41) is 13.6. The van der Waals surface area contributed by atoms with Gasteiger partial charge in [-0.05, 0) is 18.6 Å². The smallest absolute Gasteiger partial charge is 0.480 e. The summed E-state index contributed by atoms with van der Waals surface area (Å²) < 4.78 is 64.8. The van der Waals surface area contributed by atoms with Gasteiger partial charge in [-0.1, -0.05) is 11.8 Å². The summed E-state index contributed by atoms with van der Waals surface area (Å²) in [6, 6.07) is 3.40. The van der Waals surface area contributed by atoms with Gasteiger partial charge in [-0.25, -0.2) is 28.8 Å². The Morgan fingerprint density at radius 2 is 1.80 bits per heavy atom. The van der Waals surface area contributed by atoms with Gasteiger partial charge in [0.1, 0.15) is 12.1 Å². The minimum absolute atomic E-state index is 0.0847. The molecule has 0 saturated carbocycles. The summed E-state index contributed by atoms with van der Waals surface area (Å²) >= 11 is 0. The molecule has 1 aliphatic rings. The number of nitrogens with two attached hydrogens (primary N) is 1. The van der Waals surface area contributed by atoms with E-state index in [-0.39, 0.29) is 24.6 Å². The topological polar surface area (TPSA) is 167 Å². The van der Waals surface area contributed by atoms with Crippen molar-refractivity contribution in [2.24, 2.45) is 5.73 Å². The van der Waals surface area contributed by atoms with Crippen LogP contribution in [-0.2, 0) is 16.1 Å². The van der Waals surface area contributed by atoms with Crippen molar-refractivity contribution in [2.45, 2.75) is 19.6 Å². The first kappa shape index (κ1) is 29.4. The molecule has 0 radical (unpaired) electrons. The quantitative estimate of drug-likeness (QED) is 0.313. The fourth-order valence-electron chi connectivity index (χ4n) is 3.03. The highest BCUT2D eigenvalue weighted by Gasteiger charge is 2.38. The number of anilines is 1. The monoisotopic (exact) mass is 567 g/mol. The Bertz CT molecular complexity index is 1600. The number of ether oxygens (including phenoxy) is 1. The van der Waals surface area contributed by atoms with Gasteiger partial charge >= 0.3 is 17.8 Å². The molecule has 3 aromatic heterocycles. The number of rotatable bonds is 4. The second-order valence-corrected chi connectivity index (χ2v) is 7.83. The lowest BCUT2D eigenvalue weighted by molar-refractivity contribution is -0.192. The zero-order chi connectivity index (χ0) is 29.6. The van der Waals surface area contributed by atoms with Crippen molar-refractivity contribution in [3.63, 3.8) is 0 Å². The molecule has 0 spiro atoms. The summed E-state index contributed by atoms with van der Waals surface area (Å²) in [4.78, 5) is 41.2. The van der Waals surface area contributed by atoms with Crippen molar-refractivity contribution in [3.05, 3.63) is 69.7 Å². The SMILES string of the molecule is Cc1cc(C#Cc2cnc3c(c2)OCC(=O)N3)cnc1-n1cnn(CC(CN)=C(F)F)c1=O.O=C(O)C(F)(F)F. The van der Waals surface area contributed by atoms with Gasteiger partial charge in [0.05, 0.1) is 6.54 Å². The molecule has 0 saturated heterocycles. The Labute approximate surface area is 220 Å². The summed E-state index contributed by atoms with van der Waals surface area (Å²) in [6.07, 6.45) is -2.81. The molecule has 210 valence electrons. The zero-order valence-corrected chi connectivity index (χ0v) is 20.3. The van der Waals surface area contributed by atoms with Crippen LogP contribution < -0.4 is 21.5 Å². The zero-order valence-electron chi connectivity index (χ0n) is 20.3. The Kier molecular flexibility index (Phi) is 8.96. The third-order valence-corrected chi connectivity index (χ3v) is 4.93. The first-order chi connectivity index (χ1) is 18.8. The van der Waals surface area contributed by atoms with E-state index in [0.29, 0.717) is 34.1 Å². The Morgan fingerprint density at radius 1 is 1.18 bits per heavy atom. The lowest BCUT2D eigenvalue weighted by Gasteiger charge is -2.16. The molecule has 0 atom stereocenters. The van der Waals surface area contributed by atoms with Crippen molar-refractivity contribution in [1.82, 2.24) is 24.3 Å². The molecule has 4 N–H and O–H groups in total. The number of pyridine rings is 2.